The first-order valence-electron chi connectivity index (χ1n) is 6.73. The molecule has 0 saturated carbocycles. The number of nitrogens with two attached hydrogens (primary N) is 1. The number of nitrogens with zero attached hydrogens (tertiary/aromatic N) is 3. The van der Waals surface area contributed by atoms with Crippen LogP contribution in [0.25, 0.3) is 0 Å². The molecule has 2 aromatic rings. The lowest BCUT2D eigenvalue weighted by Crippen LogP contribution is -2.17. The number of ether oxygens (including phenoxy) is 1. The summed E-state index contributed by atoms with van der Waals surface area (Å²) in [6.45, 7) is 0. The van der Waals surface area contributed by atoms with Crippen molar-refractivity contribution in [1.29, 1.82) is 0 Å². The predicted molar refractivity (Wildman–Crippen MR) is 86.2 cm³/mol. The van der Waals surface area contributed by atoms with Gasteiger partial charge in [-0.2, -0.15) is 0 Å². The van der Waals surface area contributed by atoms with E-state index in [-0.39, 0.29) is 18.1 Å². The van der Waals surface area contributed by atoms with E-state index < -0.39 is 5.91 Å². The number of methoxy groups -OCH3 is 1. The zero-order valence-corrected chi connectivity index (χ0v) is 13.6. The topological polar surface area (TPSA) is 112 Å². The van der Waals surface area contributed by atoms with Crippen LogP contribution in [0.2, 0.25) is 0 Å². The number of carbonyl (C=O) groups is 2. The Morgan fingerprint density at radius 2 is 2.17 bits per heavy atom. The summed E-state index contributed by atoms with van der Waals surface area (Å²) in [5, 5.41) is 11.2. The third-order valence-corrected chi connectivity index (χ3v) is 3.98. The third-order valence-electron chi connectivity index (χ3n) is 2.94. The molecule has 9 heteroatoms. The Labute approximate surface area is 137 Å². The maximum absolute atomic E-state index is 12.1. The first kappa shape index (κ1) is 16.8. The highest BCUT2D eigenvalue weighted by Gasteiger charge is 2.14. The van der Waals surface area contributed by atoms with Gasteiger partial charge in [0.2, 0.25) is 11.8 Å². The van der Waals surface area contributed by atoms with Crippen molar-refractivity contribution in [3.05, 3.63) is 30.1 Å². The minimum atomic E-state index is -0.435. The second-order valence-electron chi connectivity index (χ2n) is 4.67. The Bertz CT molecular complexity index is 716. The summed E-state index contributed by atoms with van der Waals surface area (Å²) in [7, 11) is 3.29. The summed E-state index contributed by atoms with van der Waals surface area (Å²) in [5.41, 5.74) is 5.73. The van der Waals surface area contributed by atoms with Crippen LogP contribution in [0.1, 0.15) is 5.82 Å². The molecule has 23 heavy (non-hydrogen) atoms. The molecule has 1 aromatic carbocycles. The molecule has 0 radical (unpaired) electrons. The van der Waals surface area contributed by atoms with Gasteiger partial charge in [0.15, 0.2) is 5.16 Å². The van der Waals surface area contributed by atoms with E-state index in [1.54, 1.807) is 43.0 Å². The van der Waals surface area contributed by atoms with Crippen molar-refractivity contribution >= 4 is 29.3 Å². The van der Waals surface area contributed by atoms with Crippen LogP contribution in [0.15, 0.2) is 29.4 Å². The quantitative estimate of drug-likeness (QED) is 0.716. The fraction of sp³-hybridized carbons (Fsp3) is 0.286. The van der Waals surface area contributed by atoms with Crippen molar-refractivity contribution in [2.45, 2.75) is 11.6 Å². The molecule has 2 amide bonds. The van der Waals surface area contributed by atoms with Gasteiger partial charge < -0.3 is 20.4 Å². The van der Waals surface area contributed by atoms with E-state index in [0.29, 0.717) is 22.4 Å². The molecule has 0 atom stereocenters. The van der Waals surface area contributed by atoms with Crippen LogP contribution in [-0.2, 0) is 23.1 Å². The van der Waals surface area contributed by atoms with Crippen molar-refractivity contribution in [2.75, 3.05) is 18.2 Å². The van der Waals surface area contributed by atoms with Gasteiger partial charge in [-0.1, -0.05) is 17.8 Å². The van der Waals surface area contributed by atoms with Crippen molar-refractivity contribution in [1.82, 2.24) is 14.8 Å². The summed E-state index contributed by atoms with van der Waals surface area (Å²) < 4.78 is 6.77. The average Bonchev–Trinajstić information content (AvgIpc) is 2.85. The van der Waals surface area contributed by atoms with Gasteiger partial charge in [-0.3, -0.25) is 9.59 Å². The fourth-order valence-electron chi connectivity index (χ4n) is 1.81. The number of nitrogens with one attached hydrogen (secondary N) is 1. The molecule has 2 rings (SSSR count). The van der Waals surface area contributed by atoms with Gasteiger partial charge in [0, 0.05) is 18.8 Å². The Hall–Kier alpha value is -2.55. The van der Waals surface area contributed by atoms with Crippen LogP contribution < -0.4 is 15.8 Å². The van der Waals surface area contributed by atoms with E-state index in [4.69, 9.17) is 10.5 Å². The fourth-order valence-corrected chi connectivity index (χ4v) is 2.48. The van der Waals surface area contributed by atoms with Gasteiger partial charge in [0.25, 0.3) is 0 Å². The predicted octanol–water partition coefficient (Wildman–Crippen LogP) is 0.582. The second-order valence-corrected chi connectivity index (χ2v) is 5.61. The van der Waals surface area contributed by atoms with Gasteiger partial charge in [0.05, 0.1) is 19.3 Å². The molecule has 0 aliphatic rings. The van der Waals surface area contributed by atoms with Crippen LogP contribution in [0.5, 0.6) is 5.75 Å². The zero-order valence-electron chi connectivity index (χ0n) is 12.8. The molecular weight excluding hydrogens is 318 g/mol. The molecule has 0 bridgehead atoms. The molecule has 0 spiro atoms. The Balaban J connectivity index is 1.98. The van der Waals surface area contributed by atoms with Gasteiger partial charge in [-0.05, 0) is 12.1 Å². The monoisotopic (exact) mass is 335 g/mol. The normalized spacial score (nSPS) is 10.3. The highest BCUT2D eigenvalue weighted by molar-refractivity contribution is 7.99. The molecule has 0 aliphatic carbocycles. The number of primary amides is 1. The van der Waals surface area contributed by atoms with Crippen LogP contribution in [0.4, 0.5) is 5.69 Å². The lowest BCUT2D eigenvalue weighted by molar-refractivity contribution is -0.116. The Morgan fingerprint density at radius 1 is 1.39 bits per heavy atom. The van der Waals surface area contributed by atoms with Crippen molar-refractivity contribution in [2.24, 2.45) is 12.8 Å². The van der Waals surface area contributed by atoms with Crippen LogP contribution >= 0.6 is 11.8 Å². The molecule has 0 unspecified atom stereocenters. The van der Waals surface area contributed by atoms with E-state index >= 15 is 0 Å². The molecule has 0 fully saturated rings. The Kier molecular flexibility index (Phi) is 5.58. The maximum Gasteiger partial charge on any atom is 0.232 e. The van der Waals surface area contributed by atoms with E-state index in [0.717, 1.165) is 0 Å². The highest BCUT2D eigenvalue weighted by Crippen LogP contribution is 2.18. The number of hydrogen-bond acceptors (Lipinski definition) is 6. The zero-order chi connectivity index (χ0) is 16.8. The summed E-state index contributed by atoms with van der Waals surface area (Å²) in [5.74, 6) is 0.613. The molecule has 1 aromatic heterocycles. The molecule has 0 saturated heterocycles. The van der Waals surface area contributed by atoms with Crippen molar-refractivity contribution < 1.29 is 14.3 Å². The van der Waals surface area contributed by atoms with Gasteiger partial charge in [0.1, 0.15) is 11.6 Å². The van der Waals surface area contributed by atoms with Crippen LogP contribution in [0.3, 0.4) is 0 Å². The highest BCUT2D eigenvalue weighted by atomic mass is 32.2. The molecule has 8 nitrogen and oxygen atoms in total. The molecule has 1 heterocycles. The standard InChI is InChI=1S/C14H17N5O3S/c1-19-12(17-18-14(19)23-8-11(15)20)7-13(21)16-9-4-3-5-10(6-9)22-2/h3-6H,7-8H2,1-2H3,(H2,15,20)(H,16,21). The van der Waals surface area contributed by atoms with Crippen molar-refractivity contribution in [3.63, 3.8) is 0 Å². The number of benzene rings is 1. The van der Waals surface area contributed by atoms with E-state index in [1.165, 1.54) is 11.8 Å². The number of aromatic nitrogens is 3. The number of amides is 2. The molecule has 122 valence electrons. The lowest BCUT2D eigenvalue weighted by Gasteiger charge is -2.07. The molecule has 3 N–H and O–H groups in total. The van der Waals surface area contributed by atoms with Gasteiger partial charge in [-0.25, -0.2) is 0 Å². The number of hydrogen-bond donors (Lipinski definition) is 2. The largest absolute Gasteiger partial charge is 0.497 e. The van der Waals surface area contributed by atoms with Gasteiger partial charge in [-0.15, -0.1) is 10.2 Å². The van der Waals surface area contributed by atoms with E-state index in [9.17, 15) is 9.59 Å². The number of carbonyl (C=O) groups excluding carboxylic acids is 2. The Morgan fingerprint density at radius 3 is 2.87 bits per heavy atom. The lowest BCUT2D eigenvalue weighted by atomic mass is 10.3. The maximum atomic E-state index is 12.1. The first-order valence-corrected chi connectivity index (χ1v) is 7.71. The second kappa shape index (κ2) is 7.63. The van der Waals surface area contributed by atoms with E-state index in [2.05, 4.69) is 15.5 Å². The minimum absolute atomic E-state index is 0.0673. The molecular formula is C14H17N5O3S. The summed E-state index contributed by atoms with van der Waals surface area (Å²) in [6.07, 6.45) is 0.0673. The number of rotatable bonds is 7. The summed E-state index contributed by atoms with van der Waals surface area (Å²) in [6, 6.07) is 7.07. The van der Waals surface area contributed by atoms with E-state index in [1.807, 2.05) is 0 Å². The third kappa shape index (κ3) is 4.71. The van der Waals surface area contributed by atoms with Crippen LogP contribution in [0, 0.1) is 0 Å². The summed E-state index contributed by atoms with van der Waals surface area (Å²) >= 11 is 1.18. The number of thioether (sulfide) groups is 1. The van der Waals surface area contributed by atoms with Gasteiger partial charge >= 0.3 is 0 Å². The SMILES string of the molecule is COc1cccc(NC(=O)Cc2nnc(SCC(N)=O)n2C)c1. The number of anilines is 1. The molecule has 0 aliphatic heterocycles. The smallest absolute Gasteiger partial charge is 0.232 e. The average molecular weight is 335 g/mol. The van der Waals surface area contributed by atoms with Crippen molar-refractivity contribution in [3.8, 4) is 5.75 Å². The minimum Gasteiger partial charge on any atom is -0.497 e. The first-order chi connectivity index (χ1) is 11.0. The summed E-state index contributed by atoms with van der Waals surface area (Å²) in [4.78, 5) is 22.9. The van der Waals surface area contributed by atoms with Crippen LogP contribution in [-0.4, -0.2) is 39.4 Å².